The summed E-state index contributed by atoms with van der Waals surface area (Å²) < 4.78 is 5.36. The molecule has 4 atom stereocenters. The fourth-order valence-electron chi connectivity index (χ4n) is 5.06. The SMILES string of the molecule is CCC(=O)OC(C)C1=CCC(NC(=O)[C@H](CCCCNC(N)=O)NC(=O)C(NC(=O)CCCCCN2C(=O)C=CC2=O)C(C)C)C=C1. The molecule has 0 saturated heterocycles. The van der Waals surface area contributed by atoms with E-state index >= 15 is 0 Å². The molecule has 0 fully saturated rings. The van der Waals surface area contributed by atoms with Crippen molar-refractivity contribution in [2.45, 2.75) is 110 Å². The molecule has 47 heavy (non-hydrogen) atoms. The Morgan fingerprint density at radius 2 is 1.64 bits per heavy atom. The van der Waals surface area contributed by atoms with Crippen LogP contribution in [0.25, 0.3) is 0 Å². The highest BCUT2D eigenvalue weighted by atomic mass is 16.5. The predicted molar refractivity (Wildman–Crippen MR) is 174 cm³/mol. The molecule has 0 aromatic rings. The number of urea groups is 1. The highest BCUT2D eigenvalue weighted by Crippen LogP contribution is 2.17. The minimum atomic E-state index is -0.900. The zero-order chi connectivity index (χ0) is 34.9. The number of unbranched alkanes of at least 4 members (excludes halogenated alkanes) is 3. The number of carbonyl (C=O) groups excluding carboxylic acids is 7. The van der Waals surface area contributed by atoms with Crippen LogP contribution in [0.5, 0.6) is 0 Å². The van der Waals surface area contributed by atoms with Crippen molar-refractivity contribution in [2.24, 2.45) is 11.7 Å². The Bertz CT molecular complexity index is 1230. The maximum Gasteiger partial charge on any atom is 0.312 e. The van der Waals surface area contributed by atoms with Crippen LogP contribution in [0.15, 0.2) is 36.0 Å². The Morgan fingerprint density at radius 1 is 0.936 bits per heavy atom. The van der Waals surface area contributed by atoms with Crippen LogP contribution >= 0.6 is 0 Å². The molecule has 0 bridgehead atoms. The van der Waals surface area contributed by atoms with Gasteiger partial charge in [-0.3, -0.25) is 33.7 Å². The van der Waals surface area contributed by atoms with Gasteiger partial charge in [0.05, 0.1) is 6.04 Å². The molecular weight excluding hydrogens is 608 g/mol. The molecular formula is C33H50N6O8. The van der Waals surface area contributed by atoms with Crippen LogP contribution in [0.3, 0.4) is 0 Å². The van der Waals surface area contributed by atoms with Crippen LogP contribution in [-0.2, 0) is 33.5 Å². The van der Waals surface area contributed by atoms with Crippen molar-refractivity contribution < 1.29 is 38.3 Å². The molecule has 3 unspecified atom stereocenters. The highest BCUT2D eigenvalue weighted by molar-refractivity contribution is 6.12. The van der Waals surface area contributed by atoms with Crippen molar-refractivity contribution in [3.63, 3.8) is 0 Å². The molecule has 1 heterocycles. The van der Waals surface area contributed by atoms with E-state index in [2.05, 4.69) is 21.3 Å². The molecule has 0 aromatic carbocycles. The predicted octanol–water partition coefficient (Wildman–Crippen LogP) is 1.65. The molecule has 1 aliphatic heterocycles. The van der Waals surface area contributed by atoms with Gasteiger partial charge in [0, 0.05) is 38.1 Å². The lowest BCUT2D eigenvalue weighted by Crippen LogP contribution is -2.56. The standard InChI is InChI=1S/C33H50N6O8/c1-5-29(43)47-22(4)23-13-15-24(16-14-23)36-31(44)25(11-8-9-19-35-33(34)46)37-32(45)30(21(2)3)38-26(40)12-7-6-10-20-39-27(41)17-18-28(39)42/h13-15,17-18,21-22,24-25,30H,5-12,16,19-20H2,1-4H3,(H,36,44)(H,37,45)(H,38,40)(H3,34,35,46)/t22?,24?,25-,30?/m0/s1. The number of nitrogens with zero attached hydrogens (tertiary/aromatic N) is 1. The van der Waals surface area contributed by atoms with Crippen LogP contribution in [0.1, 0.15) is 85.5 Å². The molecule has 14 nitrogen and oxygen atoms in total. The summed E-state index contributed by atoms with van der Waals surface area (Å²) in [5.74, 6) is -2.44. The van der Waals surface area contributed by atoms with Gasteiger partial charge in [0.1, 0.15) is 18.2 Å². The number of carbonyl (C=O) groups is 7. The third kappa shape index (κ3) is 13.8. The molecule has 260 valence electrons. The van der Waals surface area contributed by atoms with Gasteiger partial charge >= 0.3 is 12.0 Å². The largest absolute Gasteiger partial charge is 0.458 e. The van der Waals surface area contributed by atoms with Gasteiger partial charge in [-0.05, 0) is 56.9 Å². The van der Waals surface area contributed by atoms with Crippen LogP contribution in [0.2, 0.25) is 0 Å². The molecule has 0 aromatic heterocycles. The summed E-state index contributed by atoms with van der Waals surface area (Å²) in [4.78, 5) is 86.6. The third-order valence-corrected chi connectivity index (χ3v) is 7.83. The smallest absolute Gasteiger partial charge is 0.312 e. The molecule has 1 aliphatic carbocycles. The summed E-state index contributed by atoms with van der Waals surface area (Å²) in [6, 6.07) is -2.77. The topological polar surface area (TPSA) is 206 Å². The maximum atomic E-state index is 13.4. The number of amides is 7. The number of hydrogen-bond donors (Lipinski definition) is 5. The summed E-state index contributed by atoms with van der Waals surface area (Å²) in [5.41, 5.74) is 5.95. The van der Waals surface area contributed by atoms with E-state index in [1.165, 1.54) is 12.2 Å². The summed E-state index contributed by atoms with van der Waals surface area (Å²) in [6.45, 7) is 7.70. The molecule has 2 aliphatic rings. The average Bonchev–Trinajstić information content (AvgIpc) is 3.34. The quantitative estimate of drug-likeness (QED) is 0.0737. The van der Waals surface area contributed by atoms with Crippen molar-refractivity contribution in [2.75, 3.05) is 13.1 Å². The zero-order valence-corrected chi connectivity index (χ0v) is 27.8. The monoisotopic (exact) mass is 658 g/mol. The first-order valence-corrected chi connectivity index (χ1v) is 16.4. The molecule has 0 radical (unpaired) electrons. The lowest BCUT2D eigenvalue weighted by Gasteiger charge is -2.27. The lowest BCUT2D eigenvalue weighted by molar-refractivity contribution is -0.146. The Hall–Kier alpha value is -4.49. The molecule has 7 amide bonds. The number of ether oxygens (including phenoxy) is 1. The van der Waals surface area contributed by atoms with E-state index in [0.717, 1.165) is 10.5 Å². The summed E-state index contributed by atoms with van der Waals surface area (Å²) in [5, 5.41) is 11.0. The minimum absolute atomic E-state index is 0.160. The Labute approximate surface area is 276 Å². The first-order valence-electron chi connectivity index (χ1n) is 16.4. The van der Waals surface area contributed by atoms with Gasteiger partial charge in [0.2, 0.25) is 17.7 Å². The number of rotatable bonds is 20. The normalized spacial score (nSPS) is 17.5. The van der Waals surface area contributed by atoms with Crippen molar-refractivity contribution in [1.82, 2.24) is 26.2 Å². The number of hydrogen-bond acceptors (Lipinski definition) is 8. The Kier molecular flexibility index (Phi) is 16.4. The summed E-state index contributed by atoms with van der Waals surface area (Å²) >= 11 is 0. The van der Waals surface area contributed by atoms with Crippen molar-refractivity contribution >= 4 is 41.5 Å². The lowest BCUT2D eigenvalue weighted by atomic mass is 9.98. The highest BCUT2D eigenvalue weighted by Gasteiger charge is 2.30. The second kappa shape index (κ2) is 19.9. The van der Waals surface area contributed by atoms with Crippen molar-refractivity contribution in [1.29, 1.82) is 0 Å². The molecule has 0 spiro atoms. The van der Waals surface area contributed by atoms with E-state index in [4.69, 9.17) is 10.5 Å². The van der Waals surface area contributed by atoms with Crippen LogP contribution < -0.4 is 27.0 Å². The number of nitrogens with two attached hydrogens (primary N) is 1. The van der Waals surface area contributed by atoms with E-state index < -0.39 is 36.0 Å². The summed E-state index contributed by atoms with van der Waals surface area (Å²) in [6.07, 6.45) is 11.5. The third-order valence-electron chi connectivity index (χ3n) is 7.83. The molecule has 2 rings (SSSR count). The fraction of sp³-hybridized carbons (Fsp3) is 0.606. The van der Waals surface area contributed by atoms with Gasteiger partial charge in [-0.2, -0.15) is 0 Å². The van der Waals surface area contributed by atoms with Crippen LogP contribution in [-0.4, -0.2) is 83.8 Å². The van der Waals surface area contributed by atoms with Gasteiger partial charge in [0.25, 0.3) is 11.8 Å². The van der Waals surface area contributed by atoms with E-state index in [9.17, 15) is 33.6 Å². The second-order valence-corrected chi connectivity index (χ2v) is 12.0. The van der Waals surface area contributed by atoms with Gasteiger partial charge in [-0.15, -0.1) is 0 Å². The van der Waals surface area contributed by atoms with Gasteiger partial charge in [-0.1, -0.05) is 45.4 Å². The molecule has 6 N–H and O–H groups in total. The second-order valence-electron chi connectivity index (χ2n) is 12.0. The summed E-state index contributed by atoms with van der Waals surface area (Å²) in [7, 11) is 0. The van der Waals surface area contributed by atoms with Crippen LogP contribution in [0.4, 0.5) is 4.79 Å². The van der Waals surface area contributed by atoms with Crippen molar-refractivity contribution in [3.05, 3.63) is 36.0 Å². The van der Waals surface area contributed by atoms with Crippen molar-refractivity contribution in [3.8, 4) is 0 Å². The van der Waals surface area contributed by atoms with E-state index in [1.807, 2.05) is 12.2 Å². The molecule has 0 saturated carbocycles. The molecule has 14 heteroatoms. The van der Waals surface area contributed by atoms with Gasteiger partial charge in [-0.25, -0.2) is 4.79 Å². The van der Waals surface area contributed by atoms with Crippen LogP contribution in [0, 0.1) is 5.92 Å². The minimum Gasteiger partial charge on any atom is -0.458 e. The number of nitrogens with one attached hydrogen (secondary N) is 4. The van der Waals surface area contributed by atoms with E-state index in [0.29, 0.717) is 45.1 Å². The number of primary amides is 1. The Balaban J connectivity index is 1.93. The first kappa shape index (κ1) is 38.7. The van der Waals surface area contributed by atoms with E-state index in [1.54, 1.807) is 33.8 Å². The fourth-order valence-corrected chi connectivity index (χ4v) is 5.06. The average molecular weight is 659 g/mol. The van der Waals surface area contributed by atoms with Gasteiger partial charge in [0.15, 0.2) is 0 Å². The Morgan fingerprint density at radius 3 is 2.23 bits per heavy atom. The number of esters is 1. The number of imide groups is 1. The zero-order valence-electron chi connectivity index (χ0n) is 27.8. The first-order chi connectivity index (χ1) is 22.3. The van der Waals surface area contributed by atoms with E-state index in [-0.39, 0.29) is 61.5 Å². The maximum absolute atomic E-state index is 13.4. The van der Waals surface area contributed by atoms with Gasteiger partial charge < -0.3 is 31.7 Å².